The fourth-order valence-electron chi connectivity index (χ4n) is 2.10. The third-order valence-corrected chi connectivity index (χ3v) is 4.25. The maximum atomic E-state index is 10.9. The summed E-state index contributed by atoms with van der Waals surface area (Å²) in [4.78, 5) is 25.2. The van der Waals surface area contributed by atoms with Crippen molar-refractivity contribution >= 4 is 23.0 Å². The van der Waals surface area contributed by atoms with Crippen molar-refractivity contribution < 1.29 is 19.6 Å². The van der Waals surface area contributed by atoms with Crippen LogP contribution in [0.5, 0.6) is 5.75 Å². The fourth-order valence-corrected chi connectivity index (χ4v) is 2.89. The molecule has 0 unspecified atom stereocenters. The summed E-state index contributed by atoms with van der Waals surface area (Å²) in [6.07, 6.45) is 0. The molecule has 0 aliphatic rings. The van der Waals surface area contributed by atoms with E-state index in [4.69, 9.17) is 9.84 Å². The van der Waals surface area contributed by atoms with E-state index in [2.05, 4.69) is 4.98 Å². The van der Waals surface area contributed by atoms with Gasteiger partial charge in [0.1, 0.15) is 17.4 Å². The molecule has 0 radical (unpaired) electrons. The number of thiazole rings is 1. The number of hydrogen-bond acceptors (Lipinski definition) is 6. The number of carboxylic acid groups (broad SMARTS) is 1. The number of aromatic nitrogens is 1. The molecule has 7 nitrogen and oxygen atoms in total. The number of hydrogen-bond donors (Lipinski definition) is 1. The van der Waals surface area contributed by atoms with Crippen LogP contribution in [0.2, 0.25) is 0 Å². The van der Waals surface area contributed by atoms with Gasteiger partial charge in [-0.3, -0.25) is 10.1 Å². The van der Waals surface area contributed by atoms with Crippen molar-refractivity contribution in [3.05, 3.63) is 75.3 Å². The Morgan fingerprint density at radius 2 is 2.00 bits per heavy atom. The molecule has 3 rings (SSSR count). The molecule has 0 aliphatic heterocycles. The Morgan fingerprint density at radius 3 is 2.64 bits per heavy atom. The van der Waals surface area contributed by atoms with Gasteiger partial charge in [-0.25, -0.2) is 9.78 Å². The van der Waals surface area contributed by atoms with Crippen molar-refractivity contribution in [2.75, 3.05) is 0 Å². The summed E-state index contributed by atoms with van der Waals surface area (Å²) < 4.78 is 5.70. The van der Waals surface area contributed by atoms with E-state index in [0.29, 0.717) is 10.8 Å². The maximum absolute atomic E-state index is 10.9. The van der Waals surface area contributed by atoms with Crippen LogP contribution in [0, 0.1) is 10.1 Å². The van der Waals surface area contributed by atoms with Gasteiger partial charge in [-0.2, -0.15) is 0 Å². The van der Waals surface area contributed by atoms with E-state index in [0.717, 1.165) is 11.1 Å². The zero-order valence-electron chi connectivity index (χ0n) is 12.8. The molecule has 0 aliphatic carbocycles. The molecule has 1 aromatic heterocycles. The number of nitrogens with zero attached hydrogens (tertiary/aromatic N) is 2. The lowest BCUT2D eigenvalue weighted by Gasteiger charge is -2.07. The third kappa shape index (κ3) is 3.99. The van der Waals surface area contributed by atoms with Crippen LogP contribution in [-0.2, 0) is 6.61 Å². The van der Waals surface area contributed by atoms with Gasteiger partial charge in [0.25, 0.3) is 5.69 Å². The molecule has 0 saturated heterocycles. The number of benzene rings is 2. The van der Waals surface area contributed by atoms with E-state index in [9.17, 15) is 14.9 Å². The molecule has 2 aromatic carbocycles. The Bertz CT molecular complexity index is 921. The largest absolute Gasteiger partial charge is 0.489 e. The SMILES string of the molecule is O=C(O)c1csc(-c2cccc(OCc3ccc([N+](=O)[O-])cc3)c2)n1. The molecule has 126 valence electrons. The van der Waals surface area contributed by atoms with Gasteiger partial charge in [-0.05, 0) is 29.8 Å². The van der Waals surface area contributed by atoms with Gasteiger partial charge in [-0.1, -0.05) is 12.1 Å². The summed E-state index contributed by atoms with van der Waals surface area (Å²) in [7, 11) is 0. The van der Waals surface area contributed by atoms with Gasteiger partial charge in [0, 0.05) is 23.1 Å². The second-order valence-electron chi connectivity index (χ2n) is 5.08. The van der Waals surface area contributed by atoms with Gasteiger partial charge in [-0.15, -0.1) is 11.3 Å². The minimum atomic E-state index is -1.06. The summed E-state index contributed by atoms with van der Waals surface area (Å²) in [5.74, 6) is -0.462. The lowest BCUT2D eigenvalue weighted by Crippen LogP contribution is -1.97. The van der Waals surface area contributed by atoms with Crippen molar-refractivity contribution in [1.82, 2.24) is 4.98 Å². The molecule has 0 fully saturated rings. The van der Waals surface area contributed by atoms with E-state index in [-0.39, 0.29) is 18.0 Å². The van der Waals surface area contributed by atoms with Crippen LogP contribution in [0.15, 0.2) is 53.9 Å². The highest BCUT2D eigenvalue weighted by Gasteiger charge is 2.11. The van der Waals surface area contributed by atoms with Crippen molar-refractivity contribution in [2.45, 2.75) is 6.61 Å². The number of nitro benzene ring substituents is 1. The molecule has 1 N–H and O–H groups in total. The van der Waals surface area contributed by atoms with Crippen LogP contribution < -0.4 is 4.74 Å². The average molecular weight is 356 g/mol. The van der Waals surface area contributed by atoms with Gasteiger partial charge in [0.05, 0.1) is 4.92 Å². The Labute approximate surface area is 146 Å². The van der Waals surface area contributed by atoms with Gasteiger partial charge in [0.15, 0.2) is 5.69 Å². The minimum Gasteiger partial charge on any atom is -0.489 e. The Morgan fingerprint density at radius 1 is 1.24 bits per heavy atom. The van der Waals surface area contributed by atoms with Crippen LogP contribution in [0.25, 0.3) is 10.6 Å². The zero-order valence-corrected chi connectivity index (χ0v) is 13.6. The predicted octanol–water partition coefficient (Wildman–Crippen LogP) is 4.00. The minimum absolute atomic E-state index is 0.0113. The third-order valence-electron chi connectivity index (χ3n) is 3.36. The zero-order chi connectivity index (χ0) is 17.8. The highest BCUT2D eigenvalue weighted by Crippen LogP contribution is 2.27. The van der Waals surface area contributed by atoms with Crippen molar-refractivity contribution in [1.29, 1.82) is 0 Å². The number of nitro groups is 1. The number of rotatable bonds is 6. The molecule has 25 heavy (non-hydrogen) atoms. The molecule has 0 amide bonds. The topological polar surface area (TPSA) is 103 Å². The van der Waals surface area contributed by atoms with E-state index in [1.807, 2.05) is 6.07 Å². The lowest BCUT2D eigenvalue weighted by atomic mass is 10.2. The molecule has 1 heterocycles. The summed E-state index contributed by atoms with van der Waals surface area (Å²) in [5.41, 5.74) is 1.61. The second kappa shape index (κ2) is 7.10. The van der Waals surface area contributed by atoms with Crippen LogP contribution in [0.3, 0.4) is 0 Å². The number of carboxylic acids is 1. The monoisotopic (exact) mass is 356 g/mol. The Kier molecular flexibility index (Phi) is 4.71. The van der Waals surface area contributed by atoms with Crippen LogP contribution in [-0.4, -0.2) is 21.0 Å². The normalized spacial score (nSPS) is 10.4. The first-order valence-electron chi connectivity index (χ1n) is 7.18. The quantitative estimate of drug-likeness (QED) is 0.529. The van der Waals surface area contributed by atoms with E-state index in [1.165, 1.54) is 28.8 Å². The fraction of sp³-hybridized carbons (Fsp3) is 0.0588. The molecule has 0 saturated carbocycles. The van der Waals surface area contributed by atoms with Gasteiger partial charge in [0.2, 0.25) is 0 Å². The molecular formula is C17H12N2O5S. The molecule has 0 atom stereocenters. The lowest BCUT2D eigenvalue weighted by molar-refractivity contribution is -0.384. The number of non-ortho nitro benzene ring substituents is 1. The second-order valence-corrected chi connectivity index (χ2v) is 5.94. The smallest absolute Gasteiger partial charge is 0.355 e. The van der Waals surface area contributed by atoms with Crippen molar-refractivity contribution in [2.24, 2.45) is 0 Å². The summed E-state index contributed by atoms with van der Waals surface area (Å²) in [6, 6.07) is 13.3. The Balaban J connectivity index is 1.71. The van der Waals surface area contributed by atoms with E-state index < -0.39 is 10.9 Å². The summed E-state index contributed by atoms with van der Waals surface area (Å²) in [5, 5.41) is 21.7. The molecule has 8 heteroatoms. The highest BCUT2D eigenvalue weighted by atomic mass is 32.1. The first-order chi connectivity index (χ1) is 12.0. The Hall–Kier alpha value is -3.26. The van der Waals surface area contributed by atoms with Crippen molar-refractivity contribution in [3.63, 3.8) is 0 Å². The summed E-state index contributed by atoms with van der Waals surface area (Å²) in [6.45, 7) is 0.264. The average Bonchev–Trinajstić information content (AvgIpc) is 3.11. The van der Waals surface area contributed by atoms with Crippen LogP contribution in [0.1, 0.15) is 16.1 Å². The van der Waals surface area contributed by atoms with Crippen LogP contribution >= 0.6 is 11.3 Å². The molecule has 3 aromatic rings. The van der Waals surface area contributed by atoms with E-state index >= 15 is 0 Å². The standard InChI is InChI=1S/C17H12N2O5S/c20-17(21)15-10-25-16(18-15)12-2-1-3-14(8-12)24-9-11-4-6-13(7-5-11)19(22)23/h1-8,10H,9H2,(H,20,21). The first kappa shape index (κ1) is 16.6. The summed E-state index contributed by atoms with van der Waals surface area (Å²) >= 11 is 1.25. The van der Waals surface area contributed by atoms with Gasteiger partial charge >= 0.3 is 5.97 Å². The molecular weight excluding hydrogens is 344 g/mol. The number of aromatic carboxylic acids is 1. The highest BCUT2D eigenvalue weighted by molar-refractivity contribution is 7.13. The molecule has 0 spiro atoms. The number of ether oxygens (including phenoxy) is 1. The van der Waals surface area contributed by atoms with Gasteiger partial charge < -0.3 is 9.84 Å². The van der Waals surface area contributed by atoms with E-state index in [1.54, 1.807) is 30.3 Å². The maximum Gasteiger partial charge on any atom is 0.355 e. The predicted molar refractivity (Wildman–Crippen MR) is 91.9 cm³/mol. The van der Waals surface area contributed by atoms with Crippen molar-refractivity contribution in [3.8, 4) is 16.3 Å². The molecule has 0 bridgehead atoms. The first-order valence-corrected chi connectivity index (χ1v) is 8.06. The van der Waals surface area contributed by atoms with Crippen LogP contribution in [0.4, 0.5) is 5.69 Å². The number of carbonyl (C=O) groups is 1.